The highest BCUT2D eigenvalue weighted by molar-refractivity contribution is 7.91. The lowest BCUT2D eigenvalue weighted by atomic mass is 9.95. The van der Waals surface area contributed by atoms with Gasteiger partial charge in [-0.2, -0.15) is 0 Å². The van der Waals surface area contributed by atoms with Gasteiger partial charge in [-0.05, 0) is 51.0 Å². The molecule has 170 valence electrons. The normalized spacial score (nSPS) is 23.9. The largest absolute Gasteiger partial charge is 0.598 e. The lowest BCUT2D eigenvalue weighted by Crippen LogP contribution is -2.42. The molecule has 4 rings (SSSR count). The molecule has 31 heavy (non-hydrogen) atoms. The molecule has 1 unspecified atom stereocenters. The van der Waals surface area contributed by atoms with Gasteiger partial charge < -0.3 is 9.29 Å². The summed E-state index contributed by atoms with van der Waals surface area (Å²) >= 11 is 4.98. The van der Waals surface area contributed by atoms with Crippen LogP contribution in [0.1, 0.15) is 58.1 Å². The highest BCUT2D eigenvalue weighted by atomic mass is 35.5. The number of rotatable bonds is 7. The molecule has 2 aromatic heterocycles. The number of nitrogens with zero attached hydrogens (tertiary/aromatic N) is 2. The van der Waals surface area contributed by atoms with Gasteiger partial charge in [0.2, 0.25) is 5.88 Å². The van der Waals surface area contributed by atoms with Crippen LogP contribution in [0.3, 0.4) is 0 Å². The fraction of sp³-hybridized carbons (Fsp3) is 0.619. The van der Waals surface area contributed by atoms with Gasteiger partial charge in [0.25, 0.3) is 0 Å². The summed E-state index contributed by atoms with van der Waals surface area (Å²) in [4.78, 5) is 8.76. The molecule has 0 spiro atoms. The highest BCUT2D eigenvalue weighted by Crippen LogP contribution is 2.45. The molecule has 2 aliphatic rings. The van der Waals surface area contributed by atoms with Gasteiger partial charge in [-0.1, -0.05) is 11.6 Å². The second-order valence-electron chi connectivity index (χ2n) is 9.55. The van der Waals surface area contributed by atoms with Crippen molar-refractivity contribution in [3.05, 3.63) is 29.2 Å². The molecule has 0 radical (unpaired) electrons. The van der Waals surface area contributed by atoms with E-state index < -0.39 is 21.2 Å². The van der Waals surface area contributed by atoms with Crippen LogP contribution in [0.15, 0.2) is 18.5 Å². The van der Waals surface area contributed by atoms with E-state index in [1.54, 1.807) is 18.5 Å². The number of hydrogen-bond donors (Lipinski definition) is 1. The fourth-order valence-corrected chi connectivity index (χ4v) is 5.89. The topological polar surface area (TPSA) is 104 Å². The quantitative estimate of drug-likeness (QED) is 0.470. The molecule has 0 saturated heterocycles. The maximum Gasteiger partial charge on any atom is 0.223 e. The summed E-state index contributed by atoms with van der Waals surface area (Å²) in [5.41, 5.74) is 0.925. The molecule has 0 bridgehead atoms. The van der Waals surface area contributed by atoms with Crippen molar-refractivity contribution < 1.29 is 17.7 Å². The zero-order valence-electron chi connectivity index (χ0n) is 18.1. The van der Waals surface area contributed by atoms with E-state index in [4.69, 9.17) is 16.3 Å². The number of pyridine rings is 2. The van der Waals surface area contributed by atoms with Gasteiger partial charge in [0.05, 0.1) is 16.7 Å². The molecule has 2 fully saturated rings. The van der Waals surface area contributed by atoms with E-state index in [9.17, 15) is 13.0 Å². The SMILES string of the molecule is CC(C)(C)[S+]([O-])N[C@H](c1cnc(OC2CC(S(C)(=O)=O)C2)c2cnc(Cl)cc12)C1CC1. The van der Waals surface area contributed by atoms with Gasteiger partial charge in [0.1, 0.15) is 16.0 Å². The van der Waals surface area contributed by atoms with Crippen molar-refractivity contribution in [1.82, 2.24) is 14.7 Å². The molecule has 7 nitrogen and oxygen atoms in total. The molecule has 0 aliphatic heterocycles. The molecular formula is C21H28ClN3O4S2. The molecule has 2 aromatic rings. The predicted octanol–water partition coefficient (Wildman–Crippen LogP) is 3.74. The van der Waals surface area contributed by atoms with E-state index in [-0.39, 0.29) is 22.1 Å². The van der Waals surface area contributed by atoms with Crippen LogP contribution >= 0.6 is 11.6 Å². The zero-order valence-corrected chi connectivity index (χ0v) is 20.5. The zero-order chi connectivity index (χ0) is 22.6. The van der Waals surface area contributed by atoms with Crippen molar-refractivity contribution in [3.8, 4) is 5.88 Å². The van der Waals surface area contributed by atoms with Crippen LogP contribution in [0.5, 0.6) is 5.88 Å². The number of nitrogens with one attached hydrogen (secondary N) is 1. The van der Waals surface area contributed by atoms with E-state index in [1.807, 2.05) is 20.8 Å². The molecule has 2 aliphatic carbocycles. The fourth-order valence-electron chi connectivity index (χ4n) is 3.70. The molecule has 10 heteroatoms. The molecule has 2 saturated carbocycles. The Labute approximate surface area is 191 Å². The number of sulfone groups is 1. The molecule has 2 heterocycles. The number of halogens is 1. The Kier molecular flexibility index (Phi) is 6.20. The average Bonchev–Trinajstić information content (AvgIpc) is 3.45. The van der Waals surface area contributed by atoms with Gasteiger partial charge in [0, 0.05) is 48.4 Å². The first-order chi connectivity index (χ1) is 14.4. The Morgan fingerprint density at radius 2 is 1.90 bits per heavy atom. The number of hydrogen-bond acceptors (Lipinski definition) is 7. The summed E-state index contributed by atoms with van der Waals surface area (Å²) in [5, 5.41) is 1.59. The Morgan fingerprint density at radius 1 is 1.23 bits per heavy atom. The average molecular weight is 486 g/mol. The Hall–Kier alpha value is -1.13. The number of ether oxygens (including phenoxy) is 1. The smallest absolute Gasteiger partial charge is 0.223 e. The second kappa shape index (κ2) is 8.33. The van der Waals surface area contributed by atoms with E-state index >= 15 is 0 Å². The van der Waals surface area contributed by atoms with Crippen LogP contribution < -0.4 is 9.46 Å². The summed E-state index contributed by atoms with van der Waals surface area (Å²) in [7, 11) is -3.05. The Bertz CT molecular complexity index is 1080. The molecule has 2 atom stereocenters. The predicted molar refractivity (Wildman–Crippen MR) is 123 cm³/mol. The second-order valence-corrected chi connectivity index (χ2v) is 14.3. The van der Waals surface area contributed by atoms with Crippen LogP contribution in [0.4, 0.5) is 0 Å². The lowest BCUT2D eigenvalue weighted by Gasteiger charge is -2.34. The molecule has 0 amide bonds. The van der Waals surface area contributed by atoms with Gasteiger partial charge in [0.15, 0.2) is 9.84 Å². The van der Waals surface area contributed by atoms with E-state index in [0.29, 0.717) is 29.8 Å². The van der Waals surface area contributed by atoms with Crippen molar-refractivity contribution in [2.45, 2.75) is 68.6 Å². The molecular weight excluding hydrogens is 458 g/mol. The van der Waals surface area contributed by atoms with E-state index in [0.717, 1.165) is 29.2 Å². The highest BCUT2D eigenvalue weighted by Gasteiger charge is 2.40. The van der Waals surface area contributed by atoms with Crippen LogP contribution in [-0.4, -0.2) is 45.3 Å². The first kappa shape index (κ1) is 23.0. The van der Waals surface area contributed by atoms with Crippen LogP contribution in [0.2, 0.25) is 5.15 Å². The summed E-state index contributed by atoms with van der Waals surface area (Å²) in [6, 6.07) is 1.68. The van der Waals surface area contributed by atoms with Crippen molar-refractivity contribution >= 4 is 43.6 Å². The standard InChI is InChI=1S/C21H28ClN3O4S2/c1-21(2,3)30(26)25-19(12-5-6-12)16-10-24-20(17-11-23-18(22)9-15(16)17)29-13-7-14(8-13)31(4,27)28/h9-14,19,25H,5-8H2,1-4H3/t13?,14?,19-,30?/m0/s1. The number of aromatic nitrogens is 2. The summed E-state index contributed by atoms with van der Waals surface area (Å²) in [6.45, 7) is 5.82. The minimum absolute atomic E-state index is 0.110. The third kappa shape index (κ3) is 5.11. The van der Waals surface area contributed by atoms with E-state index in [1.165, 1.54) is 6.26 Å². The Morgan fingerprint density at radius 3 is 2.48 bits per heavy atom. The number of fused-ring (bicyclic) bond motifs is 1. The van der Waals surface area contributed by atoms with Gasteiger partial charge in [-0.3, -0.25) is 0 Å². The van der Waals surface area contributed by atoms with Crippen molar-refractivity contribution in [1.29, 1.82) is 0 Å². The third-order valence-corrected chi connectivity index (χ3v) is 9.27. The maximum absolute atomic E-state index is 12.8. The third-order valence-electron chi connectivity index (χ3n) is 5.89. The maximum atomic E-state index is 12.8. The minimum atomic E-state index is -3.05. The van der Waals surface area contributed by atoms with Gasteiger partial charge in [-0.25, -0.2) is 18.4 Å². The summed E-state index contributed by atoms with van der Waals surface area (Å²) < 4.78 is 45.1. The summed E-state index contributed by atoms with van der Waals surface area (Å²) in [6.07, 6.45) is 7.51. The summed E-state index contributed by atoms with van der Waals surface area (Å²) in [5.74, 6) is 0.809. The Balaban J connectivity index is 1.64. The van der Waals surface area contributed by atoms with Crippen LogP contribution in [-0.2, 0) is 21.2 Å². The monoisotopic (exact) mass is 485 g/mol. The molecule has 1 N–H and O–H groups in total. The first-order valence-corrected chi connectivity index (χ1v) is 13.9. The minimum Gasteiger partial charge on any atom is -0.598 e. The van der Waals surface area contributed by atoms with Gasteiger partial charge >= 0.3 is 0 Å². The van der Waals surface area contributed by atoms with Crippen LogP contribution in [0.25, 0.3) is 10.8 Å². The van der Waals surface area contributed by atoms with Crippen molar-refractivity contribution in [2.24, 2.45) is 5.92 Å². The molecule has 0 aromatic carbocycles. The van der Waals surface area contributed by atoms with E-state index in [2.05, 4.69) is 14.7 Å². The lowest BCUT2D eigenvalue weighted by molar-refractivity contribution is 0.119. The van der Waals surface area contributed by atoms with Crippen LogP contribution in [0, 0.1) is 5.92 Å². The van der Waals surface area contributed by atoms with Gasteiger partial charge in [-0.15, -0.1) is 4.72 Å². The van der Waals surface area contributed by atoms with Crippen molar-refractivity contribution in [2.75, 3.05) is 6.26 Å². The van der Waals surface area contributed by atoms with Crippen molar-refractivity contribution in [3.63, 3.8) is 0 Å². The first-order valence-electron chi connectivity index (χ1n) is 10.4.